The molecule has 12 heteroatoms. The summed E-state index contributed by atoms with van der Waals surface area (Å²) in [6.07, 6.45) is 1.25. The van der Waals surface area contributed by atoms with Gasteiger partial charge >= 0.3 is 0 Å². The summed E-state index contributed by atoms with van der Waals surface area (Å²) < 4.78 is 33.3. The Bertz CT molecular complexity index is 1280. The third-order valence-corrected chi connectivity index (χ3v) is 5.86. The number of benzene rings is 3. The third kappa shape index (κ3) is 5.45. The summed E-state index contributed by atoms with van der Waals surface area (Å²) >= 11 is 5.81. The number of hydrogen-bond acceptors (Lipinski definition) is 8. The lowest BCUT2D eigenvalue weighted by Gasteiger charge is -2.12. The number of phenolic OH excluding ortho intramolecular Hbond substituents is 1. The van der Waals surface area contributed by atoms with Gasteiger partial charge in [0, 0.05) is 28.4 Å². The number of methoxy groups -OCH3 is 1. The Morgan fingerprint density at radius 3 is 2.50 bits per heavy atom. The lowest BCUT2D eigenvalue weighted by molar-refractivity contribution is -0.385. The minimum Gasteiger partial charge on any atom is -0.507 e. The SMILES string of the molecule is COc1ccc(O)c(/C=N/Nc2ccc([N+](=O)[O-])cc2S(=O)(=O)Nc2ccc(Cl)cc2)c1. The second-order valence-electron chi connectivity index (χ2n) is 6.34. The number of hydrogen-bond donors (Lipinski definition) is 3. The standard InChI is InChI=1S/C20H17ClN4O6S/c1-31-17-7-9-19(26)13(10-17)12-22-23-18-8-6-16(25(27)28)11-20(18)32(29,30)24-15-4-2-14(21)3-5-15/h2-12,23-24,26H,1H3/b22-12+. The summed E-state index contributed by atoms with van der Waals surface area (Å²) in [7, 11) is -2.76. The van der Waals surface area contributed by atoms with Crippen LogP contribution >= 0.6 is 11.6 Å². The van der Waals surface area contributed by atoms with Gasteiger partial charge in [-0.05, 0) is 48.5 Å². The van der Waals surface area contributed by atoms with Gasteiger partial charge in [-0.15, -0.1) is 0 Å². The molecule has 0 unspecified atom stereocenters. The summed E-state index contributed by atoms with van der Waals surface area (Å²) in [6, 6.07) is 13.7. The number of nitrogens with one attached hydrogen (secondary N) is 2. The van der Waals surface area contributed by atoms with Crippen LogP contribution in [-0.2, 0) is 10.0 Å². The van der Waals surface area contributed by atoms with Crippen LogP contribution in [0.1, 0.15) is 5.56 Å². The maximum atomic E-state index is 12.9. The summed E-state index contributed by atoms with van der Waals surface area (Å²) in [6.45, 7) is 0. The van der Waals surface area contributed by atoms with Crippen molar-refractivity contribution in [2.45, 2.75) is 4.90 Å². The summed E-state index contributed by atoms with van der Waals surface area (Å²) in [5.74, 6) is 0.410. The Morgan fingerprint density at radius 1 is 1.12 bits per heavy atom. The number of nitro benzene ring substituents is 1. The number of non-ortho nitro benzene ring substituents is 1. The molecule has 0 saturated carbocycles. The van der Waals surface area contributed by atoms with Crippen LogP contribution < -0.4 is 14.9 Å². The number of anilines is 2. The van der Waals surface area contributed by atoms with Crippen molar-refractivity contribution in [2.75, 3.05) is 17.3 Å². The van der Waals surface area contributed by atoms with Crippen LogP contribution in [0.25, 0.3) is 0 Å². The predicted octanol–water partition coefficient (Wildman–Crippen LogP) is 4.21. The number of nitro groups is 1. The van der Waals surface area contributed by atoms with Crippen molar-refractivity contribution in [1.82, 2.24) is 0 Å². The van der Waals surface area contributed by atoms with Crippen LogP contribution in [0.4, 0.5) is 17.1 Å². The van der Waals surface area contributed by atoms with Crippen molar-refractivity contribution in [3.63, 3.8) is 0 Å². The van der Waals surface area contributed by atoms with Crippen molar-refractivity contribution in [3.05, 3.63) is 81.4 Å². The number of ether oxygens (including phenoxy) is 1. The van der Waals surface area contributed by atoms with Gasteiger partial charge in [-0.2, -0.15) is 5.10 Å². The van der Waals surface area contributed by atoms with Crippen LogP contribution in [0.2, 0.25) is 5.02 Å². The van der Waals surface area contributed by atoms with Gasteiger partial charge in [-0.3, -0.25) is 20.3 Å². The Balaban J connectivity index is 1.94. The maximum absolute atomic E-state index is 12.9. The first-order valence-electron chi connectivity index (χ1n) is 8.92. The fraction of sp³-hybridized carbons (Fsp3) is 0.0500. The third-order valence-electron chi connectivity index (χ3n) is 4.19. The first kappa shape index (κ1) is 22.8. The fourth-order valence-electron chi connectivity index (χ4n) is 2.60. The van der Waals surface area contributed by atoms with Gasteiger partial charge < -0.3 is 9.84 Å². The second kappa shape index (κ2) is 9.54. The van der Waals surface area contributed by atoms with Crippen LogP contribution in [0.3, 0.4) is 0 Å². The molecule has 0 fully saturated rings. The number of aromatic hydroxyl groups is 1. The topological polar surface area (TPSA) is 143 Å². The molecule has 0 aliphatic rings. The molecule has 0 heterocycles. The molecular formula is C20H17ClN4O6S. The molecule has 0 aromatic heterocycles. The van der Waals surface area contributed by atoms with Gasteiger partial charge in [0.15, 0.2) is 0 Å². The van der Waals surface area contributed by atoms with Gasteiger partial charge in [-0.25, -0.2) is 8.42 Å². The number of nitrogens with zero attached hydrogens (tertiary/aromatic N) is 2. The van der Waals surface area contributed by atoms with Crippen molar-refractivity contribution in [2.24, 2.45) is 5.10 Å². The molecule has 0 saturated heterocycles. The summed E-state index contributed by atoms with van der Waals surface area (Å²) in [4.78, 5) is 10.1. The average Bonchev–Trinajstić information content (AvgIpc) is 2.76. The molecular weight excluding hydrogens is 460 g/mol. The van der Waals surface area contributed by atoms with E-state index < -0.39 is 25.5 Å². The Hall–Kier alpha value is -3.83. The average molecular weight is 477 g/mol. The zero-order valence-corrected chi connectivity index (χ0v) is 18.1. The number of rotatable bonds is 8. The lowest BCUT2D eigenvalue weighted by Crippen LogP contribution is -2.15. The van der Waals surface area contributed by atoms with Gasteiger partial charge in [0.05, 0.1) is 23.9 Å². The predicted molar refractivity (Wildman–Crippen MR) is 121 cm³/mol. The quantitative estimate of drug-likeness (QED) is 0.251. The normalized spacial score (nSPS) is 11.3. The van der Waals surface area contributed by atoms with E-state index in [1.807, 2.05) is 0 Å². The van der Waals surface area contributed by atoms with Crippen LogP contribution in [-0.4, -0.2) is 31.8 Å². The van der Waals surface area contributed by atoms with Gasteiger partial charge in [-0.1, -0.05) is 11.6 Å². The highest BCUT2D eigenvalue weighted by Gasteiger charge is 2.22. The summed E-state index contributed by atoms with van der Waals surface area (Å²) in [5.41, 5.74) is 2.64. The molecule has 0 radical (unpaired) electrons. The van der Waals surface area contributed by atoms with E-state index >= 15 is 0 Å². The monoisotopic (exact) mass is 476 g/mol. The number of phenols is 1. The lowest BCUT2D eigenvalue weighted by atomic mass is 10.2. The van der Waals surface area contributed by atoms with E-state index in [0.717, 1.165) is 12.1 Å². The fourth-order valence-corrected chi connectivity index (χ4v) is 3.96. The molecule has 0 bridgehead atoms. The van der Waals surface area contributed by atoms with Crippen LogP contribution in [0, 0.1) is 10.1 Å². The van der Waals surface area contributed by atoms with E-state index in [9.17, 15) is 23.6 Å². The molecule has 3 aromatic carbocycles. The number of halogens is 1. The van der Waals surface area contributed by atoms with Gasteiger partial charge in [0.25, 0.3) is 15.7 Å². The van der Waals surface area contributed by atoms with Crippen molar-refractivity contribution in [1.29, 1.82) is 0 Å². The second-order valence-corrected chi connectivity index (χ2v) is 8.43. The maximum Gasteiger partial charge on any atom is 0.270 e. The van der Waals surface area contributed by atoms with E-state index in [-0.39, 0.29) is 17.1 Å². The van der Waals surface area contributed by atoms with Gasteiger partial charge in [0.1, 0.15) is 16.4 Å². The first-order chi connectivity index (χ1) is 15.2. The Labute approximate surface area is 188 Å². The van der Waals surface area contributed by atoms with E-state index in [1.165, 1.54) is 55.8 Å². The van der Waals surface area contributed by atoms with E-state index in [4.69, 9.17) is 16.3 Å². The highest BCUT2D eigenvalue weighted by Crippen LogP contribution is 2.29. The molecule has 0 amide bonds. The molecule has 3 N–H and O–H groups in total. The molecule has 0 aliphatic carbocycles. The van der Waals surface area contributed by atoms with Crippen molar-refractivity contribution < 1.29 is 23.2 Å². The van der Waals surface area contributed by atoms with Crippen molar-refractivity contribution >= 4 is 44.9 Å². The summed E-state index contributed by atoms with van der Waals surface area (Å²) in [5, 5.41) is 25.5. The Kier molecular flexibility index (Phi) is 6.81. The molecule has 0 atom stereocenters. The Morgan fingerprint density at radius 2 is 1.84 bits per heavy atom. The molecule has 3 rings (SSSR count). The molecule has 32 heavy (non-hydrogen) atoms. The number of hydrazone groups is 1. The highest BCUT2D eigenvalue weighted by atomic mass is 35.5. The van der Waals surface area contributed by atoms with Crippen molar-refractivity contribution in [3.8, 4) is 11.5 Å². The van der Waals surface area contributed by atoms with E-state index in [2.05, 4.69) is 15.2 Å². The van der Waals surface area contributed by atoms with Crippen LogP contribution in [0.5, 0.6) is 11.5 Å². The zero-order chi connectivity index (χ0) is 23.3. The van der Waals surface area contributed by atoms with E-state index in [0.29, 0.717) is 16.3 Å². The van der Waals surface area contributed by atoms with E-state index in [1.54, 1.807) is 6.07 Å². The minimum atomic E-state index is -4.23. The molecule has 3 aromatic rings. The molecule has 166 valence electrons. The zero-order valence-electron chi connectivity index (χ0n) is 16.5. The highest BCUT2D eigenvalue weighted by molar-refractivity contribution is 7.92. The molecule has 0 aliphatic heterocycles. The van der Waals surface area contributed by atoms with Gasteiger partial charge in [0.2, 0.25) is 0 Å². The van der Waals surface area contributed by atoms with Crippen LogP contribution in [0.15, 0.2) is 70.7 Å². The largest absolute Gasteiger partial charge is 0.507 e. The number of sulfonamides is 1. The molecule has 0 spiro atoms. The first-order valence-corrected chi connectivity index (χ1v) is 10.8. The smallest absolute Gasteiger partial charge is 0.270 e. The minimum absolute atomic E-state index is 0.0179. The molecule has 10 nitrogen and oxygen atoms in total.